The summed E-state index contributed by atoms with van der Waals surface area (Å²) in [5.41, 5.74) is 6.63. The number of ether oxygens (including phenoxy) is 1. The summed E-state index contributed by atoms with van der Waals surface area (Å²) in [6.45, 7) is 4.02. The molecule has 4 heteroatoms. The van der Waals surface area contributed by atoms with Gasteiger partial charge in [0.05, 0.1) is 12.1 Å². The second kappa shape index (κ2) is 8.10. The van der Waals surface area contributed by atoms with Crippen LogP contribution in [0.15, 0.2) is 72.8 Å². The number of fused-ring (bicyclic) bond motifs is 3. The van der Waals surface area contributed by atoms with Crippen LogP contribution >= 0.6 is 0 Å². The molecule has 1 aliphatic carbocycles. The fourth-order valence-electron chi connectivity index (χ4n) is 3.96. The van der Waals surface area contributed by atoms with E-state index < -0.39 is 18.2 Å². The van der Waals surface area contributed by atoms with Crippen molar-refractivity contribution in [3.05, 3.63) is 95.1 Å². The lowest BCUT2D eigenvalue weighted by molar-refractivity contribution is 0.108. The van der Waals surface area contributed by atoms with Gasteiger partial charge in [-0.15, -0.1) is 0 Å². The van der Waals surface area contributed by atoms with Crippen molar-refractivity contribution < 1.29 is 14.6 Å². The van der Waals surface area contributed by atoms with Gasteiger partial charge in [0.2, 0.25) is 0 Å². The van der Waals surface area contributed by atoms with Crippen molar-refractivity contribution in [3.8, 4) is 11.1 Å². The van der Waals surface area contributed by atoms with Gasteiger partial charge in [-0.3, -0.25) is 0 Å². The summed E-state index contributed by atoms with van der Waals surface area (Å²) < 4.78 is 5.55. The van der Waals surface area contributed by atoms with E-state index in [4.69, 9.17) is 4.74 Å². The lowest BCUT2D eigenvalue weighted by atomic mass is 9.98. The number of benzene rings is 3. The van der Waals surface area contributed by atoms with E-state index in [0.717, 1.165) is 11.1 Å². The number of hydrogen-bond acceptors (Lipinski definition) is 3. The summed E-state index contributed by atoms with van der Waals surface area (Å²) in [5, 5.41) is 13.3. The first kappa shape index (κ1) is 19.2. The van der Waals surface area contributed by atoms with Gasteiger partial charge >= 0.3 is 6.09 Å². The van der Waals surface area contributed by atoms with Gasteiger partial charge in [0.25, 0.3) is 0 Å². The van der Waals surface area contributed by atoms with E-state index in [2.05, 4.69) is 29.6 Å². The molecule has 0 bridgehead atoms. The lowest BCUT2D eigenvalue weighted by Crippen LogP contribution is -2.38. The molecule has 0 aromatic heterocycles. The Kier molecular flexibility index (Phi) is 5.36. The monoisotopic (exact) mass is 387 g/mol. The number of amides is 1. The number of aryl methyl sites for hydroxylation is 1. The maximum atomic E-state index is 12.4. The number of nitrogens with one attached hydrogen (secondary N) is 1. The third kappa shape index (κ3) is 3.89. The van der Waals surface area contributed by atoms with Crippen LogP contribution in [0.3, 0.4) is 0 Å². The molecule has 29 heavy (non-hydrogen) atoms. The summed E-state index contributed by atoms with van der Waals surface area (Å²) in [7, 11) is 0. The third-order valence-electron chi connectivity index (χ3n) is 5.58. The number of carbonyl (C=O) groups excluding carboxylic acids is 1. The van der Waals surface area contributed by atoms with Crippen molar-refractivity contribution in [2.24, 2.45) is 0 Å². The molecule has 0 saturated heterocycles. The molecule has 2 N–H and O–H groups in total. The predicted molar refractivity (Wildman–Crippen MR) is 114 cm³/mol. The average Bonchev–Trinajstić information content (AvgIpc) is 3.06. The Labute approximate surface area is 171 Å². The Hall–Kier alpha value is -3.11. The SMILES string of the molecule is Cc1ccc(C(O)C(C)NC(=O)OCC2c3ccccc3-c3ccccc32)cc1. The number of hydrogen-bond donors (Lipinski definition) is 2. The van der Waals surface area contributed by atoms with Crippen LogP contribution in [-0.2, 0) is 4.74 Å². The number of carbonyl (C=O) groups is 1. The maximum Gasteiger partial charge on any atom is 0.407 e. The highest BCUT2D eigenvalue weighted by molar-refractivity contribution is 5.79. The van der Waals surface area contributed by atoms with Gasteiger partial charge in [0.1, 0.15) is 6.61 Å². The van der Waals surface area contributed by atoms with Crippen molar-refractivity contribution in [2.45, 2.75) is 31.9 Å². The molecule has 148 valence electrons. The smallest absolute Gasteiger partial charge is 0.407 e. The molecule has 3 aromatic rings. The molecule has 1 amide bonds. The Morgan fingerprint density at radius 3 is 2.10 bits per heavy atom. The van der Waals surface area contributed by atoms with Crippen LogP contribution in [-0.4, -0.2) is 23.8 Å². The average molecular weight is 387 g/mol. The van der Waals surface area contributed by atoms with Crippen molar-refractivity contribution >= 4 is 6.09 Å². The Bertz CT molecular complexity index is 967. The zero-order chi connectivity index (χ0) is 20.4. The molecule has 0 radical (unpaired) electrons. The minimum atomic E-state index is -0.795. The van der Waals surface area contributed by atoms with Crippen LogP contribution in [0, 0.1) is 6.92 Å². The van der Waals surface area contributed by atoms with Crippen molar-refractivity contribution in [3.63, 3.8) is 0 Å². The van der Waals surface area contributed by atoms with E-state index in [9.17, 15) is 9.90 Å². The van der Waals surface area contributed by atoms with Crippen molar-refractivity contribution in [1.82, 2.24) is 5.32 Å². The van der Waals surface area contributed by atoms with E-state index in [-0.39, 0.29) is 12.5 Å². The molecular weight excluding hydrogens is 362 g/mol. The van der Waals surface area contributed by atoms with Crippen LogP contribution < -0.4 is 5.32 Å². The number of aliphatic hydroxyl groups is 1. The molecule has 2 atom stereocenters. The van der Waals surface area contributed by atoms with Gasteiger partial charge in [0, 0.05) is 5.92 Å². The molecule has 2 unspecified atom stereocenters. The first-order valence-electron chi connectivity index (χ1n) is 9.90. The fourth-order valence-corrected chi connectivity index (χ4v) is 3.96. The van der Waals surface area contributed by atoms with Gasteiger partial charge < -0.3 is 15.2 Å². The molecule has 0 aliphatic heterocycles. The summed E-state index contributed by atoms with van der Waals surface area (Å²) in [6, 6.07) is 23.6. The predicted octanol–water partition coefficient (Wildman–Crippen LogP) is 4.96. The molecule has 4 rings (SSSR count). The van der Waals surface area contributed by atoms with Crippen molar-refractivity contribution in [2.75, 3.05) is 6.61 Å². The lowest BCUT2D eigenvalue weighted by Gasteiger charge is -2.21. The highest BCUT2D eigenvalue weighted by Crippen LogP contribution is 2.44. The Morgan fingerprint density at radius 2 is 1.52 bits per heavy atom. The molecule has 0 saturated carbocycles. The second-order valence-corrected chi connectivity index (χ2v) is 7.61. The highest BCUT2D eigenvalue weighted by Gasteiger charge is 2.29. The summed E-state index contributed by atoms with van der Waals surface area (Å²) in [5.74, 6) is 0.0190. The fraction of sp³-hybridized carbons (Fsp3) is 0.240. The summed E-state index contributed by atoms with van der Waals surface area (Å²) in [6.07, 6.45) is -1.32. The van der Waals surface area contributed by atoms with Crippen molar-refractivity contribution in [1.29, 1.82) is 0 Å². The van der Waals surface area contributed by atoms with Gasteiger partial charge in [-0.1, -0.05) is 78.4 Å². The minimum absolute atomic E-state index is 0.0190. The minimum Gasteiger partial charge on any atom is -0.449 e. The van der Waals surface area contributed by atoms with Gasteiger partial charge in [0.15, 0.2) is 0 Å². The molecule has 0 spiro atoms. The molecule has 4 nitrogen and oxygen atoms in total. The Morgan fingerprint density at radius 1 is 0.966 bits per heavy atom. The number of alkyl carbamates (subject to hydrolysis) is 1. The van der Waals surface area contributed by atoms with E-state index in [0.29, 0.717) is 0 Å². The van der Waals surface area contributed by atoms with E-state index >= 15 is 0 Å². The summed E-state index contributed by atoms with van der Waals surface area (Å²) in [4.78, 5) is 12.4. The van der Waals surface area contributed by atoms with Crippen LogP contribution in [0.25, 0.3) is 11.1 Å². The standard InChI is InChI=1S/C25H25NO3/c1-16-11-13-18(14-12-16)24(27)17(2)26-25(28)29-15-23-21-9-5-3-7-19(21)20-8-4-6-10-22(20)23/h3-14,17,23-24,27H,15H2,1-2H3,(H,26,28). The van der Waals surface area contributed by atoms with Gasteiger partial charge in [-0.25, -0.2) is 4.79 Å². The third-order valence-corrected chi connectivity index (χ3v) is 5.58. The molecule has 0 fully saturated rings. The van der Waals surface area contributed by atoms with E-state index in [1.54, 1.807) is 6.92 Å². The molecule has 1 aliphatic rings. The molecule has 0 heterocycles. The zero-order valence-corrected chi connectivity index (χ0v) is 16.6. The largest absolute Gasteiger partial charge is 0.449 e. The van der Waals surface area contributed by atoms with Gasteiger partial charge in [-0.05, 0) is 41.7 Å². The topological polar surface area (TPSA) is 58.6 Å². The van der Waals surface area contributed by atoms with Crippen LogP contribution in [0.4, 0.5) is 4.79 Å². The molecular formula is C25H25NO3. The van der Waals surface area contributed by atoms with Crippen LogP contribution in [0.1, 0.15) is 41.2 Å². The quantitative estimate of drug-likeness (QED) is 0.651. The van der Waals surface area contributed by atoms with Crippen LogP contribution in [0.2, 0.25) is 0 Å². The first-order chi connectivity index (χ1) is 14.0. The first-order valence-corrected chi connectivity index (χ1v) is 9.90. The van der Waals surface area contributed by atoms with E-state index in [1.807, 2.05) is 55.5 Å². The normalized spacial score (nSPS) is 14.6. The van der Waals surface area contributed by atoms with E-state index in [1.165, 1.54) is 22.3 Å². The number of aliphatic hydroxyl groups excluding tert-OH is 1. The van der Waals surface area contributed by atoms with Crippen LogP contribution in [0.5, 0.6) is 0 Å². The second-order valence-electron chi connectivity index (χ2n) is 7.61. The zero-order valence-electron chi connectivity index (χ0n) is 16.6. The summed E-state index contributed by atoms with van der Waals surface area (Å²) >= 11 is 0. The Balaban J connectivity index is 1.40. The maximum absolute atomic E-state index is 12.4. The number of rotatable bonds is 5. The highest BCUT2D eigenvalue weighted by atomic mass is 16.5. The van der Waals surface area contributed by atoms with Gasteiger partial charge in [-0.2, -0.15) is 0 Å². The molecule has 3 aromatic carbocycles.